The van der Waals surface area contributed by atoms with Crippen LogP contribution >= 0.6 is 12.4 Å². The Kier molecular flexibility index (Phi) is 6.46. The van der Waals surface area contributed by atoms with Gasteiger partial charge in [0.25, 0.3) is 0 Å². The maximum atomic E-state index is 13.4. The minimum absolute atomic E-state index is 0. The van der Waals surface area contributed by atoms with Crippen LogP contribution in [0.15, 0.2) is 47.8 Å². The number of nitrogens with one attached hydrogen (secondary N) is 1. The molecule has 0 aliphatic rings. The first-order chi connectivity index (χ1) is 9.29. The van der Waals surface area contributed by atoms with Gasteiger partial charge in [0.15, 0.2) is 11.6 Å². The number of methoxy groups -OCH3 is 1. The lowest BCUT2D eigenvalue weighted by Crippen LogP contribution is -1.94. The van der Waals surface area contributed by atoms with Gasteiger partial charge in [0, 0.05) is 25.0 Å². The van der Waals surface area contributed by atoms with Crippen LogP contribution in [0.4, 0.5) is 10.1 Å². The number of halogens is 2. The summed E-state index contributed by atoms with van der Waals surface area (Å²) in [7, 11) is 1.44. The van der Waals surface area contributed by atoms with Gasteiger partial charge in [-0.15, -0.1) is 12.4 Å². The van der Waals surface area contributed by atoms with Crippen molar-refractivity contribution in [1.29, 1.82) is 0 Å². The zero-order valence-corrected chi connectivity index (χ0v) is 11.7. The molecule has 0 amide bonds. The zero-order chi connectivity index (χ0) is 13.5. The van der Waals surface area contributed by atoms with E-state index in [1.54, 1.807) is 30.7 Å². The van der Waals surface area contributed by atoms with E-state index in [0.29, 0.717) is 6.42 Å². The van der Waals surface area contributed by atoms with Crippen LogP contribution in [0.1, 0.15) is 5.56 Å². The summed E-state index contributed by atoms with van der Waals surface area (Å²) in [5, 5.41) is 4.05. The summed E-state index contributed by atoms with van der Waals surface area (Å²) in [6, 6.07) is 8.47. The number of pyridine rings is 1. The molecular formula is C14H15ClFN3O. The van der Waals surface area contributed by atoms with Gasteiger partial charge in [0.05, 0.1) is 12.8 Å². The van der Waals surface area contributed by atoms with E-state index in [1.165, 1.54) is 13.2 Å². The summed E-state index contributed by atoms with van der Waals surface area (Å²) < 4.78 is 18.3. The minimum Gasteiger partial charge on any atom is -0.494 e. The number of anilines is 1. The van der Waals surface area contributed by atoms with Gasteiger partial charge < -0.3 is 4.74 Å². The molecule has 106 valence electrons. The van der Waals surface area contributed by atoms with Crippen LogP contribution in [0, 0.1) is 5.82 Å². The molecule has 1 N–H and O–H groups in total. The van der Waals surface area contributed by atoms with Gasteiger partial charge in [0.1, 0.15) is 0 Å². The lowest BCUT2D eigenvalue weighted by molar-refractivity contribution is 0.386. The third kappa shape index (κ3) is 4.51. The average Bonchev–Trinajstić information content (AvgIpc) is 2.45. The van der Waals surface area contributed by atoms with Crippen LogP contribution in [0.25, 0.3) is 0 Å². The van der Waals surface area contributed by atoms with Gasteiger partial charge in [-0.25, -0.2) is 4.39 Å². The van der Waals surface area contributed by atoms with Gasteiger partial charge in [-0.05, 0) is 29.8 Å². The zero-order valence-electron chi connectivity index (χ0n) is 10.9. The second kappa shape index (κ2) is 8.12. The molecule has 2 rings (SSSR count). The van der Waals surface area contributed by atoms with Crippen molar-refractivity contribution in [1.82, 2.24) is 4.98 Å². The maximum absolute atomic E-state index is 13.4. The summed E-state index contributed by atoms with van der Waals surface area (Å²) >= 11 is 0. The monoisotopic (exact) mass is 295 g/mol. The predicted molar refractivity (Wildman–Crippen MR) is 80.3 cm³/mol. The van der Waals surface area contributed by atoms with Gasteiger partial charge in [0.2, 0.25) is 0 Å². The van der Waals surface area contributed by atoms with Crippen LogP contribution in [-0.2, 0) is 6.42 Å². The normalized spacial score (nSPS) is 10.1. The topological polar surface area (TPSA) is 46.5 Å². The molecule has 0 fully saturated rings. The molecule has 0 radical (unpaired) electrons. The first-order valence-electron chi connectivity index (χ1n) is 5.79. The molecule has 2 aromatic rings. The number of hydrogen-bond donors (Lipinski definition) is 1. The predicted octanol–water partition coefficient (Wildman–Crippen LogP) is 3.29. The number of ether oxygens (including phenoxy) is 1. The quantitative estimate of drug-likeness (QED) is 0.680. The number of nitrogens with zero attached hydrogens (tertiary/aromatic N) is 2. The Bertz CT molecular complexity index is 564. The lowest BCUT2D eigenvalue weighted by atomic mass is 10.1. The summed E-state index contributed by atoms with van der Waals surface area (Å²) in [5.74, 6) is -0.119. The molecule has 0 saturated heterocycles. The van der Waals surface area contributed by atoms with Crippen LogP contribution in [0.5, 0.6) is 5.75 Å². The molecule has 6 heteroatoms. The SMILES string of the molecule is COc1ccc(CC=NNc2ccncc2)cc1F.Cl. The van der Waals surface area contributed by atoms with Gasteiger partial charge in [-0.2, -0.15) is 5.10 Å². The van der Waals surface area contributed by atoms with Crippen molar-refractivity contribution in [3.63, 3.8) is 0 Å². The van der Waals surface area contributed by atoms with Gasteiger partial charge >= 0.3 is 0 Å². The summed E-state index contributed by atoms with van der Waals surface area (Å²) in [6.07, 6.45) is 5.58. The number of hydrogen-bond acceptors (Lipinski definition) is 4. The highest BCUT2D eigenvalue weighted by Gasteiger charge is 2.02. The molecule has 1 heterocycles. The first kappa shape index (κ1) is 15.9. The minimum atomic E-state index is -0.365. The standard InChI is InChI=1S/C14H14FN3O.ClH/c1-19-14-3-2-11(10-13(14)15)4-9-17-18-12-5-7-16-8-6-12;/h2-3,5-10H,4H2,1H3,(H,16,18);1H. The first-order valence-corrected chi connectivity index (χ1v) is 5.79. The van der Waals surface area contributed by atoms with E-state index in [2.05, 4.69) is 15.5 Å². The molecule has 1 aromatic heterocycles. The summed E-state index contributed by atoms with van der Waals surface area (Å²) in [4.78, 5) is 3.90. The highest BCUT2D eigenvalue weighted by atomic mass is 35.5. The average molecular weight is 296 g/mol. The van der Waals surface area contributed by atoms with Crippen molar-refractivity contribution in [3.8, 4) is 5.75 Å². The van der Waals surface area contributed by atoms with Crippen molar-refractivity contribution in [3.05, 3.63) is 54.1 Å². The molecule has 4 nitrogen and oxygen atoms in total. The van der Waals surface area contributed by atoms with Crippen molar-refractivity contribution in [2.24, 2.45) is 5.10 Å². The number of hydrazone groups is 1. The smallest absolute Gasteiger partial charge is 0.165 e. The van der Waals surface area contributed by atoms with E-state index in [4.69, 9.17) is 4.74 Å². The molecule has 0 spiro atoms. The number of aromatic nitrogens is 1. The van der Waals surface area contributed by atoms with Gasteiger partial charge in [-0.1, -0.05) is 6.07 Å². The van der Waals surface area contributed by atoms with Crippen molar-refractivity contribution >= 4 is 24.3 Å². The molecule has 0 bridgehead atoms. The Morgan fingerprint density at radius 1 is 1.30 bits per heavy atom. The van der Waals surface area contributed by atoms with Crippen LogP contribution in [0.3, 0.4) is 0 Å². The van der Waals surface area contributed by atoms with E-state index in [1.807, 2.05) is 12.1 Å². The second-order valence-electron chi connectivity index (χ2n) is 3.83. The van der Waals surface area contributed by atoms with E-state index < -0.39 is 0 Å². The Hall–Kier alpha value is -2.14. The van der Waals surface area contributed by atoms with Crippen molar-refractivity contribution in [2.45, 2.75) is 6.42 Å². The lowest BCUT2D eigenvalue weighted by Gasteiger charge is -2.03. The maximum Gasteiger partial charge on any atom is 0.165 e. The Morgan fingerprint density at radius 2 is 2.05 bits per heavy atom. The molecular weight excluding hydrogens is 281 g/mol. The molecule has 0 atom stereocenters. The van der Waals surface area contributed by atoms with E-state index in [0.717, 1.165) is 11.3 Å². The fraction of sp³-hybridized carbons (Fsp3) is 0.143. The molecule has 0 unspecified atom stereocenters. The fourth-order valence-corrected chi connectivity index (χ4v) is 1.53. The highest BCUT2D eigenvalue weighted by molar-refractivity contribution is 5.85. The number of rotatable bonds is 5. The van der Waals surface area contributed by atoms with E-state index in [-0.39, 0.29) is 24.0 Å². The highest BCUT2D eigenvalue weighted by Crippen LogP contribution is 2.17. The summed E-state index contributed by atoms with van der Waals surface area (Å²) in [6.45, 7) is 0. The van der Waals surface area contributed by atoms with Crippen molar-refractivity contribution < 1.29 is 9.13 Å². The van der Waals surface area contributed by atoms with Crippen LogP contribution in [0.2, 0.25) is 0 Å². The fourth-order valence-electron chi connectivity index (χ4n) is 1.53. The molecule has 1 aromatic carbocycles. The molecule has 0 aliphatic heterocycles. The third-order valence-electron chi connectivity index (χ3n) is 2.51. The van der Waals surface area contributed by atoms with Crippen LogP contribution in [-0.4, -0.2) is 18.3 Å². The van der Waals surface area contributed by atoms with Crippen LogP contribution < -0.4 is 10.2 Å². The molecule has 0 aliphatic carbocycles. The number of benzene rings is 1. The molecule has 20 heavy (non-hydrogen) atoms. The van der Waals surface area contributed by atoms with Crippen molar-refractivity contribution in [2.75, 3.05) is 12.5 Å². The Morgan fingerprint density at radius 3 is 2.70 bits per heavy atom. The third-order valence-corrected chi connectivity index (χ3v) is 2.51. The summed E-state index contributed by atoms with van der Waals surface area (Å²) in [5.41, 5.74) is 4.55. The van der Waals surface area contributed by atoms with Gasteiger partial charge in [-0.3, -0.25) is 10.4 Å². The Labute approximate surface area is 123 Å². The van der Waals surface area contributed by atoms with E-state index in [9.17, 15) is 4.39 Å². The largest absolute Gasteiger partial charge is 0.494 e. The Balaban J connectivity index is 0.00000200. The van der Waals surface area contributed by atoms with E-state index >= 15 is 0 Å². The second-order valence-corrected chi connectivity index (χ2v) is 3.83. The molecule has 0 saturated carbocycles.